The number of aryl methyl sites for hydroxylation is 1. The molecule has 0 bridgehead atoms. The van der Waals surface area contributed by atoms with Crippen LogP contribution in [0.25, 0.3) is 0 Å². The summed E-state index contributed by atoms with van der Waals surface area (Å²) in [5.41, 5.74) is 6.66. The monoisotopic (exact) mass is 236 g/mol. The zero-order valence-corrected chi connectivity index (χ0v) is 10.5. The Hall–Kier alpha value is -1.29. The average Bonchev–Trinajstić information content (AvgIpc) is 2.80. The lowest BCUT2D eigenvalue weighted by Gasteiger charge is -2.35. The molecule has 2 N–H and O–H groups in total. The molecule has 0 radical (unpaired) electrons. The van der Waals surface area contributed by atoms with Crippen LogP contribution >= 0.6 is 0 Å². The molecule has 1 saturated heterocycles. The van der Waals surface area contributed by atoms with Crippen molar-refractivity contribution >= 4 is 5.91 Å². The molecule has 2 unspecified atom stereocenters. The maximum atomic E-state index is 12.3. The minimum Gasteiger partial charge on any atom is -0.469 e. The lowest BCUT2D eigenvalue weighted by atomic mass is 9.94. The fraction of sp³-hybridized carbons (Fsp3) is 0.615. The van der Waals surface area contributed by atoms with Crippen molar-refractivity contribution in [1.29, 1.82) is 0 Å². The molecule has 2 heterocycles. The largest absolute Gasteiger partial charge is 0.469 e. The molecule has 1 fully saturated rings. The Kier molecular flexibility index (Phi) is 3.52. The SMILES string of the molecule is CCc1occc1C(=O)N1CCC(N)C(C)C1. The van der Waals surface area contributed by atoms with E-state index in [1.807, 2.05) is 11.8 Å². The molecule has 1 aromatic rings. The molecule has 0 spiro atoms. The lowest BCUT2D eigenvalue weighted by Crippen LogP contribution is -2.48. The van der Waals surface area contributed by atoms with Crippen molar-refractivity contribution in [3.05, 3.63) is 23.7 Å². The van der Waals surface area contributed by atoms with Crippen molar-refractivity contribution in [2.45, 2.75) is 32.7 Å². The van der Waals surface area contributed by atoms with Crippen LogP contribution < -0.4 is 5.73 Å². The van der Waals surface area contributed by atoms with E-state index in [9.17, 15) is 4.79 Å². The zero-order valence-electron chi connectivity index (χ0n) is 10.5. The Labute approximate surface area is 102 Å². The van der Waals surface area contributed by atoms with E-state index in [0.717, 1.165) is 31.7 Å². The second-order valence-electron chi connectivity index (χ2n) is 4.79. The summed E-state index contributed by atoms with van der Waals surface area (Å²) >= 11 is 0. The van der Waals surface area contributed by atoms with Crippen LogP contribution in [0.3, 0.4) is 0 Å². The number of likely N-dealkylation sites (tertiary alicyclic amines) is 1. The smallest absolute Gasteiger partial charge is 0.257 e. The van der Waals surface area contributed by atoms with Gasteiger partial charge < -0.3 is 15.1 Å². The summed E-state index contributed by atoms with van der Waals surface area (Å²) in [6.07, 6.45) is 3.22. The molecule has 0 saturated carbocycles. The highest BCUT2D eigenvalue weighted by atomic mass is 16.3. The third-order valence-corrected chi connectivity index (χ3v) is 3.56. The molecule has 2 rings (SSSR count). The topological polar surface area (TPSA) is 59.5 Å². The molecule has 17 heavy (non-hydrogen) atoms. The maximum absolute atomic E-state index is 12.3. The number of nitrogens with zero attached hydrogens (tertiary/aromatic N) is 1. The molecule has 1 aliphatic heterocycles. The van der Waals surface area contributed by atoms with Gasteiger partial charge >= 0.3 is 0 Å². The van der Waals surface area contributed by atoms with Crippen LogP contribution in [0.1, 0.15) is 36.4 Å². The molecule has 2 atom stereocenters. The third-order valence-electron chi connectivity index (χ3n) is 3.56. The lowest BCUT2D eigenvalue weighted by molar-refractivity contribution is 0.0662. The van der Waals surface area contributed by atoms with Crippen LogP contribution in [0, 0.1) is 5.92 Å². The quantitative estimate of drug-likeness (QED) is 0.849. The summed E-state index contributed by atoms with van der Waals surface area (Å²) in [6, 6.07) is 1.98. The van der Waals surface area contributed by atoms with Gasteiger partial charge in [-0.2, -0.15) is 0 Å². The Morgan fingerprint density at radius 3 is 3.06 bits per heavy atom. The summed E-state index contributed by atoms with van der Waals surface area (Å²) < 4.78 is 5.30. The van der Waals surface area contributed by atoms with E-state index in [0.29, 0.717) is 11.5 Å². The maximum Gasteiger partial charge on any atom is 0.257 e. The van der Waals surface area contributed by atoms with E-state index in [2.05, 4.69) is 6.92 Å². The van der Waals surface area contributed by atoms with Gasteiger partial charge in [-0.05, 0) is 18.4 Å². The van der Waals surface area contributed by atoms with Crippen molar-refractivity contribution in [2.24, 2.45) is 11.7 Å². The highest BCUT2D eigenvalue weighted by Crippen LogP contribution is 2.20. The standard InChI is InChI=1S/C13H20N2O2/c1-3-12-10(5-7-17-12)13(16)15-6-4-11(14)9(2)8-15/h5,7,9,11H,3-4,6,8,14H2,1-2H3. The summed E-state index contributed by atoms with van der Waals surface area (Å²) in [5.74, 6) is 1.22. The number of rotatable bonds is 2. The van der Waals surface area contributed by atoms with Crippen LogP contribution in [0.15, 0.2) is 16.7 Å². The van der Waals surface area contributed by atoms with Gasteiger partial charge in [-0.25, -0.2) is 0 Å². The van der Waals surface area contributed by atoms with Crippen molar-refractivity contribution in [3.8, 4) is 0 Å². The van der Waals surface area contributed by atoms with E-state index in [-0.39, 0.29) is 11.9 Å². The Bertz CT molecular complexity index is 400. The molecular weight excluding hydrogens is 216 g/mol. The average molecular weight is 236 g/mol. The first-order chi connectivity index (χ1) is 8.13. The summed E-state index contributed by atoms with van der Waals surface area (Å²) in [4.78, 5) is 14.2. The second-order valence-corrected chi connectivity index (χ2v) is 4.79. The van der Waals surface area contributed by atoms with Crippen LogP contribution in [0.2, 0.25) is 0 Å². The van der Waals surface area contributed by atoms with Crippen LogP contribution in [0.5, 0.6) is 0 Å². The van der Waals surface area contributed by atoms with Gasteiger partial charge in [0.15, 0.2) is 0 Å². The van der Waals surface area contributed by atoms with Crippen LogP contribution in [-0.4, -0.2) is 29.9 Å². The number of nitrogens with two attached hydrogens (primary N) is 1. The fourth-order valence-corrected chi connectivity index (χ4v) is 2.32. The van der Waals surface area contributed by atoms with Gasteiger partial charge in [-0.1, -0.05) is 13.8 Å². The Morgan fingerprint density at radius 2 is 2.41 bits per heavy atom. The van der Waals surface area contributed by atoms with Crippen molar-refractivity contribution in [2.75, 3.05) is 13.1 Å². The van der Waals surface area contributed by atoms with E-state index in [4.69, 9.17) is 10.2 Å². The van der Waals surface area contributed by atoms with Gasteiger partial charge in [0.25, 0.3) is 5.91 Å². The number of carbonyl (C=O) groups is 1. The predicted molar refractivity (Wildman–Crippen MR) is 65.7 cm³/mol. The number of amides is 1. The van der Waals surface area contributed by atoms with Gasteiger partial charge in [-0.3, -0.25) is 4.79 Å². The zero-order chi connectivity index (χ0) is 12.4. The minimum absolute atomic E-state index is 0.0781. The normalized spacial score (nSPS) is 25.0. The molecule has 1 aliphatic rings. The van der Waals surface area contributed by atoms with Crippen molar-refractivity contribution < 1.29 is 9.21 Å². The van der Waals surface area contributed by atoms with E-state index in [1.54, 1.807) is 12.3 Å². The molecule has 4 nitrogen and oxygen atoms in total. The molecule has 4 heteroatoms. The fourth-order valence-electron chi connectivity index (χ4n) is 2.32. The number of hydrogen-bond acceptors (Lipinski definition) is 3. The van der Waals surface area contributed by atoms with E-state index < -0.39 is 0 Å². The Morgan fingerprint density at radius 1 is 1.65 bits per heavy atom. The summed E-state index contributed by atoms with van der Waals surface area (Å²) in [7, 11) is 0. The molecule has 0 aliphatic carbocycles. The first-order valence-corrected chi connectivity index (χ1v) is 6.24. The second kappa shape index (κ2) is 4.92. The summed E-state index contributed by atoms with van der Waals surface area (Å²) in [5, 5.41) is 0. The van der Waals surface area contributed by atoms with E-state index in [1.165, 1.54) is 0 Å². The van der Waals surface area contributed by atoms with Crippen LogP contribution in [-0.2, 0) is 6.42 Å². The molecule has 1 amide bonds. The van der Waals surface area contributed by atoms with Crippen LogP contribution in [0.4, 0.5) is 0 Å². The molecule has 94 valence electrons. The first-order valence-electron chi connectivity index (χ1n) is 6.24. The van der Waals surface area contributed by atoms with Gasteiger partial charge in [-0.15, -0.1) is 0 Å². The molecule has 1 aromatic heterocycles. The minimum atomic E-state index is 0.0781. The van der Waals surface area contributed by atoms with Crippen molar-refractivity contribution in [3.63, 3.8) is 0 Å². The Balaban J connectivity index is 2.10. The van der Waals surface area contributed by atoms with Crippen molar-refractivity contribution in [1.82, 2.24) is 4.90 Å². The number of hydrogen-bond donors (Lipinski definition) is 1. The molecular formula is C13H20N2O2. The highest BCUT2D eigenvalue weighted by Gasteiger charge is 2.28. The van der Waals surface area contributed by atoms with Gasteiger partial charge in [0.1, 0.15) is 5.76 Å². The predicted octanol–water partition coefficient (Wildman–Crippen LogP) is 1.65. The number of furan rings is 1. The third kappa shape index (κ3) is 2.36. The van der Waals surface area contributed by atoms with Gasteiger partial charge in [0.2, 0.25) is 0 Å². The number of piperidine rings is 1. The number of carbonyl (C=O) groups excluding carboxylic acids is 1. The highest BCUT2D eigenvalue weighted by molar-refractivity contribution is 5.95. The van der Waals surface area contributed by atoms with E-state index >= 15 is 0 Å². The first kappa shape index (κ1) is 12.2. The van der Waals surface area contributed by atoms with Gasteiger partial charge in [0, 0.05) is 25.6 Å². The molecule has 0 aromatic carbocycles. The summed E-state index contributed by atoms with van der Waals surface area (Å²) in [6.45, 7) is 5.58. The van der Waals surface area contributed by atoms with Gasteiger partial charge in [0.05, 0.1) is 11.8 Å².